The Morgan fingerprint density at radius 1 is 1.02 bits per heavy atom. The Bertz CT molecular complexity index is 1820. The first-order valence-corrected chi connectivity index (χ1v) is 15.0. The predicted octanol–water partition coefficient (Wildman–Crippen LogP) is 5.77. The van der Waals surface area contributed by atoms with Gasteiger partial charge in [-0.3, -0.25) is 14.9 Å². The molecule has 0 atom stereocenters. The second-order valence-corrected chi connectivity index (χ2v) is 11.4. The van der Waals surface area contributed by atoms with Crippen molar-refractivity contribution in [3.8, 4) is 11.4 Å². The first kappa shape index (κ1) is 31.1. The van der Waals surface area contributed by atoms with E-state index in [2.05, 4.69) is 47.2 Å². The lowest BCUT2D eigenvalue weighted by Gasteiger charge is -2.33. The van der Waals surface area contributed by atoms with Crippen molar-refractivity contribution in [2.45, 2.75) is 19.5 Å². The maximum atomic E-state index is 13.5. The summed E-state index contributed by atoms with van der Waals surface area (Å²) in [6, 6.07) is 13.8. The molecule has 3 aromatic heterocycles. The van der Waals surface area contributed by atoms with Crippen LogP contribution in [0.15, 0.2) is 73.2 Å². The second kappa shape index (κ2) is 13.2. The van der Waals surface area contributed by atoms with Crippen molar-refractivity contribution in [3.05, 3.63) is 89.9 Å². The fourth-order valence-electron chi connectivity index (χ4n) is 5.52. The first-order valence-electron chi connectivity index (χ1n) is 15.0. The SMILES string of the molecule is Cc1ccc(N(CCCN2CCN(C)CC2)c2nc(-c3cccnc3)nc3[nH]ncc23)cc1C(=O)Nc1cccc(C(F)(F)F)c1. The number of likely N-dealkylation sites (N-methyl/N-ethyl adjacent to an activating group) is 1. The average molecular weight is 630 g/mol. The minimum atomic E-state index is -4.52. The Labute approximate surface area is 264 Å². The largest absolute Gasteiger partial charge is 0.416 e. The second-order valence-electron chi connectivity index (χ2n) is 11.4. The summed E-state index contributed by atoms with van der Waals surface area (Å²) in [5.74, 6) is 0.575. The number of piperazine rings is 1. The molecule has 4 heterocycles. The van der Waals surface area contributed by atoms with Crippen LogP contribution >= 0.6 is 0 Å². The molecule has 5 aromatic rings. The number of aryl methyl sites for hydroxylation is 1. The van der Waals surface area contributed by atoms with Gasteiger partial charge in [0.05, 0.1) is 17.1 Å². The molecule has 46 heavy (non-hydrogen) atoms. The normalized spacial score (nSPS) is 14.5. The number of aromatic nitrogens is 5. The van der Waals surface area contributed by atoms with E-state index in [-0.39, 0.29) is 5.69 Å². The lowest BCUT2D eigenvalue weighted by molar-refractivity contribution is -0.137. The van der Waals surface area contributed by atoms with E-state index in [9.17, 15) is 18.0 Å². The molecule has 13 heteroatoms. The van der Waals surface area contributed by atoms with Crippen LogP contribution < -0.4 is 10.2 Å². The highest BCUT2D eigenvalue weighted by atomic mass is 19.4. The monoisotopic (exact) mass is 629 g/mol. The van der Waals surface area contributed by atoms with Gasteiger partial charge in [0, 0.05) is 67.6 Å². The summed E-state index contributed by atoms with van der Waals surface area (Å²) >= 11 is 0. The van der Waals surface area contributed by atoms with E-state index in [1.54, 1.807) is 31.6 Å². The van der Waals surface area contributed by atoms with Gasteiger partial charge < -0.3 is 20.0 Å². The summed E-state index contributed by atoms with van der Waals surface area (Å²) in [4.78, 5) is 34.2. The molecular weight excluding hydrogens is 595 g/mol. The number of aromatic amines is 1. The molecule has 10 nitrogen and oxygen atoms in total. The number of halogens is 3. The third-order valence-electron chi connectivity index (χ3n) is 8.14. The predicted molar refractivity (Wildman–Crippen MR) is 171 cm³/mol. The van der Waals surface area contributed by atoms with Gasteiger partial charge >= 0.3 is 6.18 Å². The molecule has 1 saturated heterocycles. The number of nitrogens with zero attached hydrogens (tertiary/aromatic N) is 7. The number of carbonyl (C=O) groups excluding carboxylic acids is 1. The minimum Gasteiger partial charge on any atom is -0.326 e. The van der Waals surface area contributed by atoms with E-state index in [1.165, 1.54) is 12.1 Å². The molecule has 2 N–H and O–H groups in total. The van der Waals surface area contributed by atoms with Crippen LogP contribution in [-0.2, 0) is 6.18 Å². The number of nitrogens with one attached hydrogen (secondary N) is 2. The Morgan fingerprint density at radius 2 is 1.85 bits per heavy atom. The smallest absolute Gasteiger partial charge is 0.326 e. The van der Waals surface area contributed by atoms with E-state index in [4.69, 9.17) is 4.98 Å². The number of fused-ring (bicyclic) bond motifs is 1. The molecule has 0 bridgehead atoms. The summed E-state index contributed by atoms with van der Waals surface area (Å²) in [6.07, 6.45) is 1.35. The van der Waals surface area contributed by atoms with Crippen molar-refractivity contribution >= 4 is 34.1 Å². The molecule has 238 valence electrons. The fraction of sp³-hybridized carbons (Fsp3) is 0.303. The maximum Gasteiger partial charge on any atom is 0.416 e. The van der Waals surface area contributed by atoms with Crippen LogP contribution in [0.25, 0.3) is 22.4 Å². The lowest BCUT2D eigenvalue weighted by Crippen LogP contribution is -2.45. The van der Waals surface area contributed by atoms with Crippen molar-refractivity contribution in [3.63, 3.8) is 0 Å². The fourth-order valence-corrected chi connectivity index (χ4v) is 5.52. The standard InChI is InChI=1S/C33H34F3N9O/c1-22-9-10-26(19-27(22)32(46)39-25-8-3-7-24(18-25)33(34,35)36)45(13-5-12-44-16-14-43(2)15-17-44)31-28-21-38-42-30(28)40-29(41-31)23-6-4-11-37-20-23/h3-4,6-11,18-21H,5,12-17H2,1-2H3,(H,39,46)(H,38,40,41,42). The molecule has 0 radical (unpaired) electrons. The van der Waals surface area contributed by atoms with E-state index in [0.717, 1.165) is 56.8 Å². The summed E-state index contributed by atoms with van der Waals surface area (Å²) in [7, 11) is 2.13. The number of amides is 1. The van der Waals surface area contributed by atoms with Crippen LogP contribution in [-0.4, -0.2) is 87.2 Å². The van der Waals surface area contributed by atoms with Gasteiger partial charge in [0.1, 0.15) is 5.82 Å². The Hall–Kier alpha value is -4.88. The number of H-pyrrole nitrogens is 1. The Morgan fingerprint density at radius 3 is 2.61 bits per heavy atom. The number of pyridine rings is 1. The molecule has 1 fully saturated rings. The number of alkyl halides is 3. The number of carbonyl (C=O) groups is 1. The lowest BCUT2D eigenvalue weighted by atomic mass is 10.1. The molecule has 1 aliphatic rings. The molecule has 1 amide bonds. The molecular formula is C33H34F3N9O. The summed E-state index contributed by atoms with van der Waals surface area (Å²) in [6.45, 7) is 7.27. The highest BCUT2D eigenvalue weighted by Gasteiger charge is 2.30. The zero-order chi connectivity index (χ0) is 32.3. The zero-order valence-electron chi connectivity index (χ0n) is 25.6. The summed E-state index contributed by atoms with van der Waals surface area (Å²) in [5.41, 5.74) is 2.24. The zero-order valence-corrected chi connectivity index (χ0v) is 25.6. The quantitative estimate of drug-likeness (QED) is 0.212. The number of rotatable bonds is 9. The number of anilines is 3. The summed E-state index contributed by atoms with van der Waals surface area (Å²) in [5, 5.41) is 10.6. The van der Waals surface area contributed by atoms with Crippen molar-refractivity contribution in [2.24, 2.45) is 0 Å². The van der Waals surface area contributed by atoms with Crippen LogP contribution in [0, 0.1) is 6.92 Å². The first-order chi connectivity index (χ1) is 22.2. The van der Waals surface area contributed by atoms with Gasteiger partial charge in [-0.1, -0.05) is 12.1 Å². The molecule has 2 aromatic carbocycles. The van der Waals surface area contributed by atoms with E-state index < -0.39 is 17.6 Å². The third kappa shape index (κ3) is 7.00. The van der Waals surface area contributed by atoms with Crippen molar-refractivity contribution in [2.75, 3.05) is 56.5 Å². The number of benzene rings is 2. The topological polar surface area (TPSA) is 106 Å². The van der Waals surface area contributed by atoms with E-state index in [1.807, 2.05) is 24.3 Å². The van der Waals surface area contributed by atoms with Crippen LogP contribution in [0.1, 0.15) is 27.9 Å². The molecule has 0 aliphatic carbocycles. The Kier molecular flexibility index (Phi) is 8.95. The van der Waals surface area contributed by atoms with Crippen LogP contribution in [0.4, 0.5) is 30.4 Å². The molecule has 0 spiro atoms. The van der Waals surface area contributed by atoms with Crippen molar-refractivity contribution < 1.29 is 18.0 Å². The van der Waals surface area contributed by atoms with Gasteiger partial charge in [-0.2, -0.15) is 18.3 Å². The van der Waals surface area contributed by atoms with Gasteiger partial charge in [0.15, 0.2) is 11.5 Å². The van der Waals surface area contributed by atoms with Crippen molar-refractivity contribution in [1.29, 1.82) is 0 Å². The summed E-state index contributed by atoms with van der Waals surface area (Å²) < 4.78 is 39.9. The Balaban J connectivity index is 1.35. The van der Waals surface area contributed by atoms with Crippen LogP contribution in [0.3, 0.4) is 0 Å². The maximum absolute atomic E-state index is 13.5. The van der Waals surface area contributed by atoms with E-state index in [0.29, 0.717) is 46.0 Å². The van der Waals surface area contributed by atoms with E-state index >= 15 is 0 Å². The molecule has 1 aliphatic heterocycles. The number of hydrogen-bond donors (Lipinski definition) is 2. The minimum absolute atomic E-state index is 0.0608. The number of hydrogen-bond acceptors (Lipinski definition) is 8. The molecule has 0 unspecified atom stereocenters. The van der Waals surface area contributed by atoms with Gasteiger partial charge in [-0.15, -0.1) is 0 Å². The molecule has 0 saturated carbocycles. The highest BCUT2D eigenvalue weighted by molar-refractivity contribution is 6.06. The van der Waals surface area contributed by atoms with Gasteiger partial charge in [-0.05, 0) is 75.0 Å². The van der Waals surface area contributed by atoms with Crippen LogP contribution in [0.2, 0.25) is 0 Å². The van der Waals surface area contributed by atoms with Gasteiger partial charge in [0.25, 0.3) is 5.91 Å². The molecule has 6 rings (SSSR count). The third-order valence-corrected chi connectivity index (χ3v) is 8.14. The average Bonchev–Trinajstić information content (AvgIpc) is 3.53. The van der Waals surface area contributed by atoms with Crippen LogP contribution in [0.5, 0.6) is 0 Å². The van der Waals surface area contributed by atoms with Crippen molar-refractivity contribution in [1.82, 2.24) is 34.9 Å². The van der Waals surface area contributed by atoms with Gasteiger partial charge in [0.2, 0.25) is 0 Å². The highest BCUT2D eigenvalue weighted by Crippen LogP contribution is 2.34. The van der Waals surface area contributed by atoms with Gasteiger partial charge in [-0.25, -0.2) is 9.97 Å².